The molecule has 0 aliphatic carbocycles. The Morgan fingerprint density at radius 3 is 2.77 bits per heavy atom. The molecule has 2 rings (SSSR count). The Hall–Kier alpha value is -2.63. The van der Waals surface area contributed by atoms with Crippen LogP contribution in [0.4, 0.5) is 0 Å². The van der Waals surface area contributed by atoms with Crippen molar-refractivity contribution in [2.24, 2.45) is 0 Å². The summed E-state index contributed by atoms with van der Waals surface area (Å²) in [7, 11) is 1.59. The lowest BCUT2D eigenvalue weighted by Crippen LogP contribution is -2.25. The van der Waals surface area contributed by atoms with E-state index in [0.717, 1.165) is 10.9 Å². The number of amides is 1. The summed E-state index contributed by atoms with van der Waals surface area (Å²) in [4.78, 5) is 27.0. The molecule has 6 heteroatoms. The summed E-state index contributed by atoms with van der Waals surface area (Å²) in [5.41, 5.74) is 1.88. The van der Waals surface area contributed by atoms with E-state index in [1.807, 2.05) is 18.2 Å². The van der Waals surface area contributed by atoms with Gasteiger partial charge in [0.2, 0.25) is 0 Å². The number of aliphatic carboxylic acids is 1. The topological polar surface area (TPSA) is 88.5 Å². The van der Waals surface area contributed by atoms with Crippen LogP contribution in [-0.2, 0) is 4.79 Å². The van der Waals surface area contributed by atoms with Crippen molar-refractivity contribution in [1.29, 1.82) is 0 Å². The Kier molecular flexibility index (Phi) is 4.93. The third kappa shape index (κ3) is 3.72. The van der Waals surface area contributed by atoms with Gasteiger partial charge in [0.25, 0.3) is 5.91 Å². The molecule has 2 aromatic rings. The minimum absolute atomic E-state index is 0.0367. The highest BCUT2D eigenvalue weighted by molar-refractivity contribution is 5.98. The lowest BCUT2D eigenvalue weighted by Gasteiger charge is -2.09. The highest BCUT2D eigenvalue weighted by Crippen LogP contribution is 2.21. The van der Waals surface area contributed by atoms with Gasteiger partial charge in [-0.2, -0.15) is 0 Å². The summed E-state index contributed by atoms with van der Waals surface area (Å²) in [6.45, 7) is 2.09. The van der Waals surface area contributed by atoms with E-state index in [1.165, 1.54) is 0 Å². The van der Waals surface area contributed by atoms with E-state index in [0.29, 0.717) is 30.0 Å². The van der Waals surface area contributed by atoms with Gasteiger partial charge in [-0.25, -0.2) is 0 Å². The van der Waals surface area contributed by atoms with E-state index < -0.39 is 5.97 Å². The van der Waals surface area contributed by atoms with Gasteiger partial charge in [0, 0.05) is 24.4 Å². The number of pyridine rings is 1. The standard InChI is InChI=1S/C16H18N2O4/c1-10-13(16(21)17-7-3-4-15(19)20)8-11-5-6-12(22-2)9-14(11)18-10/h5-6,8-9H,3-4,7H2,1-2H3,(H,17,21)(H,19,20). The second-order valence-electron chi connectivity index (χ2n) is 4.93. The lowest BCUT2D eigenvalue weighted by molar-refractivity contribution is -0.137. The number of rotatable bonds is 6. The summed E-state index contributed by atoms with van der Waals surface area (Å²) < 4.78 is 5.16. The van der Waals surface area contributed by atoms with Crippen LogP contribution in [0.2, 0.25) is 0 Å². The summed E-state index contributed by atoms with van der Waals surface area (Å²) in [5.74, 6) is -0.398. The van der Waals surface area contributed by atoms with Crippen LogP contribution in [0.1, 0.15) is 28.9 Å². The van der Waals surface area contributed by atoms with Crippen molar-refractivity contribution in [3.8, 4) is 5.75 Å². The molecule has 6 nitrogen and oxygen atoms in total. The number of hydrogen-bond acceptors (Lipinski definition) is 4. The minimum Gasteiger partial charge on any atom is -0.497 e. The molecule has 0 aliphatic rings. The normalized spacial score (nSPS) is 10.5. The van der Waals surface area contributed by atoms with Crippen molar-refractivity contribution in [3.05, 3.63) is 35.5 Å². The first-order valence-electron chi connectivity index (χ1n) is 6.96. The first kappa shape index (κ1) is 15.8. The number of carbonyl (C=O) groups excluding carboxylic acids is 1. The maximum atomic E-state index is 12.2. The third-order valence-electron chi connectivity index (χ3n) is 3.31. The summed E-state index contributed by atoms with van der Waals surface area (Å²) in [5, 5.41) is 12.1. The van der Waals surface area contributed by atoms with Gasteiger partial charge in [-0.05, 0) is 31.5 Å². The maximum absolute atomic E-state index is 12.2. The largest absolute Gasteiger partial charge is 0.497 e. The number of ether oxygens (including phenoxy) is 1. The van der Waals surface area contributed by atoms with E-state index in [-0.39, 0.29) is 12.3 Å². The molecule has 0 aliphatic heterocycles. The van der Waals surface area contributed by atoms with Gasteiger partial charge in [0.1, 0.15) is 5.75 Å². The highest BCUT2D eigenvalue weighted by Gasteiger charge is 2.12. The fourth-order valence-electron chi connectivity index (χ4n) is 2.14. The van der Waals surface area contributed by atoms with E-state index in [4.69, 9.17) is 9.84 Å². The highest BCUT2D eigenvalue weighted by atomic mass is 16.5. The molecule has 0 bridgehead atoms. The monoisotopic (exact) mass is 302 g/mol. The van der Waals surface area contributed by atoms with Gasteiger partial charge in [-0.3, -0.25) is 14.6 Å². The quantitative estimate of drug-likeness (QED) is 0.798. The number of carboxylic acids is 1. The molecule has 0 saturated heterocycles. The molecule has 0 saturated carbocycles. The average Bonchev–Trinajstić information content (AvgIpc) is 2.49. The van der Waals surface area contributed by atoms with Crippen LogP contribution in [0.5, 0.6) is 5.75 Å². The Labute approximate surface area is 128 Å². The number of nitrogens with one attached hydrogen (secondary N) is 1. The molecule has 1 amide bonds. The number of carboxylic acid groups (broad SMARTS) is 1. The van der Waals surface area contributed by atoms with Crippen LogP contribution in [-0.4, -0.2) is 35.6 Å². The summed E-state index contributed by atoms with van der Waals surface area (Å²) in [6, 6.07) is 7.26. The Morgan fingerprint density at radius 2 is 2.09 bits per heavy atom. The van der Waals surface area contributed by atoms with Gasteiger partial charge in [-0.1, -0.05) is 0 Å². The van der Waals surface area contributed by atoms with E-state index in [9.17, 15) is 9.59 Å². The van der Waals surface area contributed by atoms with Crippen molar-refractivity contribution >= 4 is 22.8 Å². The molecule has 1 aromatic carbocycles. The Bertz CT molecular complexity index is 713. The van der Waals surface area contributed by atoms with Crippen LogP contribution in [0.25, 0.3) is 10.9 Å². The third-order valence-corrected chi connectivity index (χ3v) is 3.31. The number of aryl methyl sites for hydroxylation is 1. The number of fused-ring (bicyclic) bond motifs is 1. The van der Waals surface area contributed by atoms with Crippen LogP contribution < -0.4 is 10.1 Å². The molecule has 0 radical (unpaired) electrons. The van der Waals surface area contributed by atoms with Crippen molar-refractivity contribution in [1.82, 2.24) is 10.3 Å². The van der Waals surface area contributed by atoms with Crippen molar-refractivity contribution in [2.45, 2.75) is 19.8 Å². The zero-order valence-corrected chi connectivity index (χ0v) is 12.5. The number of carbonyl (C=O) groups is 2. The van der Waals surface area contributed by atoms with Gasteiger partial charge in [0.15, 0.2) is 0 Å². The van der Waals surface area contributed by atoms with Crippen LogP contribution in [0.3, 0.4) is 0 Å². The smallest absolute Gasteiger partial charge is 0.303 e. The predicted octanol–water partition coefficient (Wildman–Crippen LogP) is 2.15. The molecule has 0 spiro atoms. The van der Waals surface area contributed by atoms with Crippen molar-refractivity contribution in [3.63, 3.8) is 0 Å². The summed E-state index contributed by atoms with van der Waals surface area (Å²) >= 11 is 0. The molecule has 0 atom stereocenters. The first-order chi connectivity index (χ1) is 10.5. The molecular weight excluding hydrogens is 284 g/mol. The molecule has 1 aromatic heterocycles. The molecule has 22 heavy (non-hydrogen) atoms. The van der Waals surface area contributed by atoms with Gasteiger partial charge in [-0.15, -0.1) is 0 Å². The van der Waals surface area contributed by atoms with E-state index in [2.05, 4.69) is 10.3 Å². The summed E-state index contributed by atoms with van der Waals surface area (Å²) in [6.07, 6.45) is 0.438. The fraction of sp³-hybridized carbons (Fsp3) is 0.312. The van der Waals surface area contributed by atoms with Gasteiger partial charge < -0.3 is 15.2 Å². The molecule has 0 fully saturated rings. The first-order valence-corrected chi connectivity index (χ1v) is 6.96. The number of methoxy groups -OCH3 is 1. The number of hydrogen-bond donors (Lipinski definition) is 2. The molecule has 2 N–H and O–H groups in total. The SMILES string of the molecule is COc1ccc2cc(C(=O)NCCCC(=O)O)c(C)nc2c1. The fourth-order valence-corrected chi connectivity index (χ4v) is 2.14. The van der Waals surface area contributed by atoms with Crippen molar-refractivity contribution in [2.75, 3.05) is 13.7 Å². The van der Waals surface area contributed by atoms with Crippen molar-refractivity contribution < 1.29 is 19.4 Å². The minimum atomic E-state index is -0.869. The lowest BCUT2D eigenvalue weighted by atomic mass is 10.1. The van der Waals surface area contributed by atoms with Crippen LogP contribution in [0, 0.1) is 6.92 Å². The molecule has 0 unspecified atom stereocenters. The maximum Gasteiger partial charge on any atom is 0.303 e. The zero-order valence-electron chi connectivity index (χ0n) is 12.5. The molecule has 1 heterocycles. The number of aromatic nitrogens is 1. The predicted molar refractivity (Wildman–Crippen MR) is 82.2 cm³/mol. The van der Waals surface area contributed by atoms with Crippen LogP contribution >= 0.6 is 0 Å². The van der Waals surface area contributed by atoms with Gasteiger partial charge in [0.05, 0.1) is 23.9 Å². The van der Waals surface area contributed by atoms with Gasteiger partial charge >= 0.3 is 5.97 Å². The number of benzene rings is 1. The number of nitrogens with zero attached hydrogens (tertiary/aromatic N) is 1. The van der Waals surface area contributed by atoms with Crippen LogP contribution in [0.15, 0.2) is 24.3 Å². The van der Waals surface area contributed by atoms with E-state index in [1.54, 1.807) is 20.1 Å². The van der Waals surface area contributed by atoms with E-state index >= 15 is 0 Å². The molecular formula is C16H18N2O4. The second kappa shape index (κ2) is 6.89. The Morgan fingerprint density at radius 1 is 1.32 bits per heavy atom. The Balaban J connectivity index is 2.15. The zero-order chi connectivity index (χ0) is 16.1. The average molecular weight is 302 g/mol. The molecule has 116 valence electrons. The second-order valence-corrected chi connectivity index (χ2v) is 4.93.